The van der Waals surface area contributed by atoms with Crippen LogP contribution in [0.5, 0.6) is 0 Å². The fourth-order valence-electron chi connectivity index (χ4n) is 2.42. The lowest BCUT2D eigenvalue weighted by molar-refractivity contribution is -0.143. The highest BCUT2D eigenvalue weighted by Gasteiger charge is 2.18. The van der Waals surface area contributed by atoms with Crippen LogP contribution >= 0.6 is 0 Å². The first kappa shape index (κ1) is 15.4. The van der Waals surface area contributed by atoms with Gasteiger partial charge in [-0.1, -0.05) is 6.92 Å². The van der Waals surface area contributed by atoms with Gasteiger partial charge in [-0.05, 0) is 58.8 Å². The minimum atomic E-state index is -0.0988. The Hall–Kier alpha value is -0.610. The van der Waals surface area contributed by atoms with Gasteiger partial charge in [-0.2, -0.15) is 0 Å². The van der Waals surface area contributed by atoms with E-state index in [1.54, 1.807) is 0 Å². The molecule has 0 amide bonds. The molecule has 0 spiro atoms. The van der Waals surface area contributed by atoms with Crippen molar-refractivity contribution in [2.24, 2.45) is 5.92 Å². The van der Waals surface area contributed by atoms with Crippen LogP contribution < -0.4 is 5.32 Å². The summed E-state index contributed by atoms with van der Waals surface area (Å²) in [5.41, 5.74) is 0. The van der Waals surface area contributed by atoms with Crippen molar-refractivity contribution < 1.29 is 9.53 Å². The monoisotopic (exact) mass is 256 g/mol. The van der Waals surface area contributed by atoms with Gasteiger partial charge in [-0.15, -0.1) is 0 Å². The molecular weight excluding hydrogens is 228 g/mol. The zero-order valence-corrected chi connectivity index (χ0v) is 12.1. The summed E-state index contributed by atoms with van der Waals surface area (Å²) in [7, 11) is 0. The number of nitrogens with one attached hydrogen (secondary N) is 1. The van der Waals surface area contributed by atoms with Crippen LogP contribution in [0.3, 0.4) is 0 Å². The Labute approximate surface area is 111 Å². The molecule has 0 bridgehead atoms. The standard InChI is InChI=1S/C14H28N2O2/c1-4-16-8-6-13(7-9-16)11-15-12(3)10-14(17)18-5-2/h12-13,15H,4-11H2,1-3H3. The Morgan fingerprint density at radius 3 is 2.61 bits per heavy atom. The van der Waals surface area contributed by atoms with Crippen molar-refractivity contribution in [2.75, 3.05) is 32.8 Å². The molecule has 1 N–H and O–H groups in total. The van der Waals surface area contributed by atoms with Gasteiger partial charge in [0.2, 0.25) is 0 Å². The van der Waals surface area contributed by atoms with E-state index in [-0.39, 0.29) is 12.0 Å². The Morgan fingerprint density at radius 2 is 2.06 bits per heavy atom. The highest BCUT2D eigenvalue weighted by atomic mass is 16.5. The van der Waals surface area contributed by atoms with E-state index in [1.165, 1.54) is 32.5 Å². The third-order valence-electron chi connectivity index (χ3n) is 3.69. The number of rotatable bonds is 7. The molecule has 106 valence electrons. The zero-order chi connectivity index (χ0) is 13.4. The Morgan fingerprint density at radius 1 is 1.39 bits per heavy atom. The predicted octanol–water partition coefficient (Wildman–Crippen LogP) is 1.65. The topological polar surface area (TPSA) is 41.6 Å². The maximum absolute atomic E-state index is 11.3. The second-order valence-corrected chi connectivity index (χ2v) is 5.20. The van der Waals surface area contributed by atoms with Crippen LogP contribution in [-0.2, 0) is 9.53 Å². The second kappa shape index (κ2) is 8.48. The first-order chi connectivity index (χ1) is 8.65. The van der Waals surface area contributed by atoms with E-state index in [4.69, 9.17) is 4.74 Å². The van der Waals surface area contributed by atoms with Crippen molar-refractivity contribution >= 4 is 5.97 Å². The molecule has 0 aromatic carbocycles. The number of piperidine rings is 1. The minimum absolute atomic E-state index is 0.0988. The number of likely N-dealkylation sites (tertiary alicyclic amines) is 1. The van der Waals surface area contributed by atoms with E-state index in [9.17, 15) is 4.79 Å². The molecule has 18 heavy (non-hydrogen) atoms. The fourth-order valence-corrected chi connectivity index (χ4v) is 2.42. The summed E-state index contributed by atoms with van der Waals surface area (Å²) in [5, 5.41) is 3.46. The van der Waals surface area contributed by atoms with E-state index >= 15 is 0 Å². The van der Waals surface area contributed by atoms with Crippen molar-refractivity contribution in [3.63, 3.8) is 0 Å². The van der Waals surface area contributed by atoms with Crippen LogP contribution in [0.2, 0.25) is 0 Å². The van der Waals surface area contributed by atoms with Crippen molar-refractivity contribution in [3.8, 4) is 0 Å². The van der Waals surface area contributed by atoms with Crippen molar-refractivity contribution in [1.82, 2.24) is 10.2 Å². The smallest absolute Gasteiger partial charge is 0.307 e. The average Bonchev–Trinajstić information content (AvgIpc) is 2.37. The number of carbonyl (C=O) groups is 1. The summed E-state index contributed by atoms with van der Waals surface area (Å²) in [6.07, 6.45) is 3.02. The van der Waals surface area contributed by atoms with Gasteiger partial charge in [0.25, 0.3) is 0 Å². The van der Waals surface area contributed by atoms with Gasteiger partial charge in [0.15, 0.2) is 0 Å². The van der Waals surface area contributed by atoms with Crippen LogP contribution in [0.4, 0.5) is 0 Å². The van der Waals surface area contributed by atoms with E-state index in [1.807, 2.05) is 6.92 Å². The maximum atomic E-state index is 11.3. The van der Waals surface area contributed by atoms with Gasteiger partial charge in [-0.25, -0.2) is 0 Å². The molecule has 0 aliphatic carbocycles. The predicted molar refractivity (Wildman–Crippen MR) is 73.6 cm³/mol. The van der Waals surface area contributed by atoms with Crippen LogP contribution in [-0.4, -0.2) is 49.7 Å². The normalized spacial score (nSPS) is 19.7. The number of carbonyl (C=O) groups excluding carboxylic acids is 1. The number of hydrogen-bond acceptors (Lipinski definition) is 4. The molecule has 4 nitrogen and oxygen atoms in total. The van der Waals surface area contributed by atoms with E-state index in [0.717, 1.165) is 12.5 Å². The molecule has 1 atom stereocenters. The number of nitrogens with zero attached hydrogens (tertiary/aromatic N) is 1. The van der Waals surface area contributed by atoms with Crippen molar-refractivity contribution in [2.45, 2.75) is 46.1 Å². The van der Waals surface area contributed by atoms with Gasteiger partial charge in [0.05, 0.1) is 13.0 Å². The molecule has 4 heteroatoms. The van der Waals surface area contributed by atoms with Gasteiger partial charge in [-0.3, -0.25) is 4.79 Å². The quantitative estimate of drug-likeness (QED) is 0.703. The van der Waals surface area contributed by atoms with Gasteiger partial charge < -0.3 is 15.0 Å². The minimum Gasteiger partial charge on any atom is -0.466 e. The maximum Gasteiger partial charge on any atom is 0.307 e. The van der Waals surface area contributed by atoms with E-state index in [0.29, 0.717) is 13.0 Å². The molecule has 1 saturated heterocycles. The van der Waals surface area contributed by atoms with Crippen LogP contribution in [0.25, 0.3) is 0 Å². The first-order valence-corrected chi connectivity index (χ1v) is 7.27. The zero-order valence-electron chi connectivity index (χ0n) is 12.1. The molecule has 0 radical (unpaired) electrons. The largest absolute Gasteiger partial charge is 0.466 e. The summed E-state index contributed by atoms with van der Waals surface area (Å²) < 4.78 is 4.95. The third-order valence-corrected chi connectivity index (χ3v) is 3.69. The molecule has 1 rings (SSSR count). The number of esters is 1. The molecule has 0 aromatic heterocycles. The molecule has 0 saturated carbocycles. The van der Waals surface area contributed by atoms with Gasteiger partial charge in [0.1, 0.15) is 0 Å². The fraction of sp³-hybridized carbons (Fsp3) is 0.929. The summed E-state index contributed by atoms with van der Waals surface area (Å²) in [6, 6.07) is 0.216. The van der Waals surface area contributed by atoms with Crippen LogP contribution in [0.1, 0.15) is 40.0 Å². The Bertz CT molecular complexity index is 238. The summed E-state index contributed by atoms with van der Waals surface area (Å²) in [6.45, 7) is 11.2. The van der Waals surface area contributed by atoms with Crippen molar-refractivity contribution in [3.05, 3.63) is 0 Å². The number of hydrogen-bond donors (Lipinski definition) is 1. The first-order valence-electron chi connectivity index (χ1n) is 7.27. The average molecular weight is 256 g/mol. The molecule has 0 aromatic rings. The lowest BCUT2D eigenvalue weighted by atomic mass is 9.96. The molecule has 1 aliphatic rings. The molecule has 1 unspecified atom stereocenters. The summed E-state index contributed by atoms with van der Waals surface area (Å²) in [5.74, 6) is 0.663. The van der Waals surface area contributed by atoms with E-state index < -0.39 is 0 Å². The van der Waals surface area contributed by atoms with Gasteiger partial charge >= 0.3 is 5.97 Å². The molecule has 1 heterocycles. The second-order valence-electron chi connectivity index (χ2n) is 5.20. The lowest BCUT2D eigenvalue weighted by Crippen LogP contribution is -2.39. The Kier molecular flexibility index (Phi) is 7.28. The van der Waals surface area contributed by atoms with E-state index in [2.05, 4.69) is 24.1 Å². The van der Waals surface area contributed by atoms with Crippen LogP contribution in [0.15, 0.2) is 0 Å². The SMILES string of the molecule is CCOC(=O)CC(C)NCC1CCN(CC)CC1. The number of ether oxygens (including phenoxy) is 1. The molecule has 1 aliphatic heterocycles. The van der Waals surface area contributed by atoms with Gasteiger partial charge in [0, 0.05) is 6.04 Å². The molecular formula is C14H28N2O2. The third kappa shape index (κ3) is 5.83. The summed E-state index contributed by atoms with van der Waals surface area (Å²) in [4.78, 5) is 13.8. The summed E-state index contributed by atoms with van der Waals surface area (Å²) >= 11 is 0. The van der Waals surface area contributed by atoms with Crippen LogP contribution in [0, 0.1) is 5.92 Å². The van der Waals surface area contributed by atoms with Crippen molar-refractivity contribution in [1.29, 1.82) is 0 Å². The lowest BCUT2D eigenvalue weighted by Gasteiger charge is -2.31. The highest BCUT2D eigenvalue weighted by molar-refractivity contribution is 5.69. The highest BCUT2D eigenvalue weighted by Crippen LogP contribution is 2.16. The Balaban J connectivity index is 2.11. The molecule has 1 fully saturated rings.